The SMILES string of the molecule is CCOC(=O)c1sc(NC(=O)CNc2cccc(S(=O)(=O)N3CCOCC3)c2)c(C(=O)OCC)c1C. The van der Waals surface area contributed by atoms with Gasteiger partial charge in [-0.15, -0.1) is 11.3 Å². The van der Waals surface area contributed by atoms with Gasteiger partial charge in [-0.25, -0.2) is 18.0 Å². The van der Waals surface area contributed by atoms with Gasteiger partial charge in [0.2, 0.25) is 15.9 Å². The van der Waals surface area contributed by atoms with Crippen molar-refractivity contribution in [2.75, 3.05) is 56.7 Å². The van der Waals surface area contributed by atoms with Crippen LogP contribution in [0.3, 0.4) is 0 Å². The van der Waals surface area contributed by atoms with Gasteiger partial charge in [0.15, 0.2) is 0 Å². The van der Waals surface area contributed by atoms with Crippen molar-refractivity contribution in [3.63, 3.8) is 0 Å². The Morgan fingerprint density at radius 2 is 1.75 bits per heavy atom. The molecule has 1 saturated heterocycles. The van der Waals surface area contributed by atoms with Crippen molar-refractivity contribution in [1.29, 1.82) is 0 Å². The highest BCUT2D eigenvalue weighted by atomic mass is 32.2. The van der Waals surface area contributed by atoms with Crippen molar-refractivity contribution >= 4 is 49.9 Å². The smallest absolute Gasteiger partial charge is 0.348 e. The molecule has 11 nitrogen and oxygen atoms in total. The second-order valence-electron chi connectivity index (χ2n) is 7.65. The minimum atomic E-state index is -3.69. The van der Waals surface area contributed by atoms with Crippen molar-refractivity contribution < 1.29 is 37.0 Å². The van der Waals surface area contributed by atoms with E-state index in [1.54, 1.807) is 32.9 Å². The number of carbonyl (C=O) groups excluding carboxylic acids is 3. The second kappa shape index (κ2) is 12.3. The number of carbonyl (C=O) groups is 3. The molecule has 0 saturated carbocycles. The molecule has 0 bridgehead atoms. The summed E-state index contributed by atoms with van der Waals surface area (Å²) in [5.41, 5.74) is 0.887. The molecule has 2 heterocycles. The van der Waals surface area contributed by atoms with Crippen LogP contribution in [0.25, 0.3) is 0 Å². The lowest BCUT2D eigenvalue weighted by Gasteiger charge is -2.26. The predicted molar refractivity (Wildman–Crippen MR) is 134 cm³/mol. The van der Waals surface area contributed by atoms with Gasteiger partial charge in [0.1, 0.15) is 9.88 Å². The summed E-state index contributed by atoms with van der Waals surface area (Å²) in [7, 11) is -3.69. The summed E-state index contributed by atoms with van der Waals surface area (Å²) in [6.45, 7) is 6.22. The van der Waals surface area contributed by atoms with Crippen molar-refractivity contribution in [2.45, 2.75) is 25.7 Å². The fourth-order valence-electron chi connectivity index (χ4n) is 3.50. The zero-order valence-electron chi connectivity index (χ0n) is 20.3. The zero-order valence-corrected chi connectivity index (χ0v) is 21.9. The van der Waals surface area contributed by atoms with Gasteiger partial charge in [-0.1, -0.05) is 6.07 Å². The summed E-state index contributed by atoms with van der Waals surface area (Å²) in [5.74, 6) is -1.76. The summed E-state index contributed by atoms with van der Waals surface area (Å²) in [5, 5.41) is 5.71. The van der Waals surface area contributed by atoms with E-state index in [0.29, 0.717) is 24.5 Å². The van der Waals surface area contributed by atoms with Gasteiger partial charge >= 0.3 is 11.9 Å². The highest BCUT2D eigenvalue weighted by Gasteiger charge is 2.28. The average Bonchev–Trinajstić information content (AvgIpc) is 3.19. The van der Waals surface area contributed by atoms with Crippen LogP contribution in [-0.2, 0) is 29.0 Å². The van der Waals surface area contributed by atoms with Crippen LogP contribution in [0.4, 0.5) is 10.7 Å². The molecular formula is C23H29N3O8S2. The second-order valence-corrected chi connectivity index (χ2v) is 10.6. The molecule has 1 aromatic heterocycles. The number of hydrogen-bond donors (Lipinski definition) is 2. The van der Waals surface area contributed by atoms with E-state index >= 15 is 0 Å². The molecule has 196 valence electrons. The first-order valence-corrected chi connectivity index (χ1v) is 13.6. The topological polar surface area (TPSA) is 140 Å². The van der Waals surface area contributed by atoms with Gasteiger partial charge in [0.05, 0.1) is 43.4 Å². The molecule has 13 heteroatoms. The molecule has 2 aromatic rings. The van der Waals surface area contributed by atoms with Crippen LogP contribution in [0.5, 0.6) is 0 Å². The number of nitrogens with one attached hydrogen (secondary N) is 2. The molecule has 0 aliphatic carbocycles. The van der Waals surface area contributed by atoms with E-state index in [-0.39, 0.29) is 53.2 Å². The van der Waals surface area contributed by atoms with Crippen molar-refractivity contribution in [3.05, 3.63) is 40.3 Å². The lowest BCUT2D eigenvalue weighted by atomic mass is 10.1. The standard InChI is InChI=1S/C23H29N3O8S2/c1-4-33-22(28)19-15(3)20(23(29)34-5-2)35-21(19)25-18(27)14-24-16-7-6-8-17(13-16)36(30,31)26-9-11-32-12-10-26/h6-8,13,24H,4-5,9-12,14H2,1-3H3,(H,25,27). The Balaban J connectivity index is 1.73. The van der Waals surface area contributed by atoms with Crippen LogP contribution < -0.4 is 10.6 Å². The third-order valence-electron chi connectivity index (χ3n) is 5.24. The molecule has 0 radical (unpaired) electrons. The van der Waals surface area contributed by atoms with Gasteiger partial charge in [-0.2, -0.15) is 4.31 Å². The van der Waals surface area contributed by atoms with Crippen LogP contribution >= 0.6 is 11.3 Å². The number of benzene rings is 1. The summed E-state index contributed by atoms with van der Waals surface area (Å²) in [6, 6.07) is 6.17. The maximum atomic E-state index is 12.9. The predicted octanol–water partition coefficient (Wildman–Crippen LogP) is 2.48. The van der Waals surface area contributed by atoms with Crippen molar-refractivity contribution in [2.24, 2.45) is 0 Å². The Morgan fingerprint density at radius 1 is 1.08 bits per heavy atom. The minimum absolute atomic E-state index is 0.0943. The number of hydrogen-bond acceptors (Lipinski definition) is 10. The number of sulfonamides is 1. The zero-order chi connectivity index (χ0) is 26.3. The molecule has 0 atom stereocenters. The lowest BCUT2D eigenvalue weighted by Crippen LogP contribution is -2.40. The van der Waals surface area contributed by atoms with Crippen LogP contribution in [0.15, 0.2) is 29.2 Å². The quantitative estimate of drug-likeness (QED) is 0.436. The van der Waals surface area contributed by atoms with E-state index in [1.165, 1.54) is 16.4 Å². The van der Waals surface area contributed by atoms with E-state index in [9.17, 15) is 22.8 Å². The molecule has 36 heavy (non-hydrogen) atoms. The van der Waals surface area contributed by atoms with Crippen LogP contribution in [0, 0.1) is 6.92 Å². The van der Waals surface area contributed by atoms with E-state index < -0.39 is 27.9 Å². The van der Waals surface area contributed by atoms with Gasteiger partial charge in [-0.05, 0) is 44.5 Å². The van der Waals surface area contributed by atoms with Crippen LogP contribution in [0.1, 0.15) is 39.4 Å². The highest BCUT2D eigenvalue weighted by Crippen LogP contribution is 2.34. The average molecular weight is 540 g/mol. The first kappa shape index (κ1) is 27.6. The normalized spacial score (nSPS) is 14.2. The Kier molecular flexibility index (Phi) is 9.43. The highest BCUT2D eigenvalue weighted by molar-refractivity contribution is 7.89. The summed E-state index contributed by atoms with van der Waals surface area (Å²) in [6.07, 6.45) is 0. The van der Waals surface area contributed by atoms with E-state index in [4.69, 9.17) is 14.2 Å². The molecule has 1 aliphatic heterocycles. The van der Waals surface area contributed by atoms with E-state index in [2.05, 4.69) is 10.6 Å². The summed E-state index contributed by atoms with van der Waals surface area (Å²) < 4.78 is 42.5. The molecule has 0 unspecified atom stereocenters. The third-order valence-corrected chi connectivity index (χ3v) is 8.32. The number of amides is 1. The largest absolute Gasteiger partial charge is 0.462 e. The van der Waals surface area contributed by atoms with Gasteiger partial charge in [0.25, 0.3) is 0 Å². The van der Waals surface area contributed by atoms with E-state index in [1.807, 2.05) is 0 Å². The Morgan fingerprint density at radius 3 is 2.42 bits per heavy atom. The molecule has 1 aliphatic rings. The Bertz CT molecular complexity index is 1220. The number of thiophene rings is 1. The number of morpholine rings is 1. The number of anilines is 2. The third kappa shape index (κ3) is 6.40. The molecule has 2 N–H and O–H groups in total. The number of ether oxygens (including phenoxy) is 3. The van der Waals surface area contributed by atoms with Crippen molar-refractivity contribution in [3.8, 4) is 0 Å². The monoisotopic (exact) mass is 539 g/mol. The van der Waals surface area contributed by atoms with E-state index in [0.717, 1.165) is 11.3 Å². The summed E-state index contributed by atoms with van der Waals surface area (Å²) >= 11 is 0.930. The first-order valence-electron chi connectivity index (χ1n) is 11.4. The molecule has 0 spiro atoms. The minimum Gasteiger partial charge on any atom is -0.462 e. The number of nitrogens with zero attached hydrogens (tertiary/aromatic N) is 1. The number of rotatable bonds is 10. The maximum Gasteiger partial charge on any atom is 0.348 e. The molecule has 3 rings (SSSR count). The van der Waals surface area contributed by atoms with Crippen LogP contribution in [-0.4, -0.2) is 76.6 Å². The number of esters is 2. The Labute approximate surface area is 213 Å². The first-order chi connectivity index (χ1) is 17.2. The van der Waals surface area contributed by atoms with Crippen LogP contribution in [0.2, 0.25) is 0 Å². The Hall–Kier alpha value is -3.00. The van der Waals surface area contributed by atoms with Gasteiger partial charge in [0, 0.05) is 18.8 Å². The molecule has 1 fully saturated rings. The summed E-state index contributed by atoms with van der Waals surface area (Å²) in [4.78, 5) is 37.8. The molecule has 1 aromatic carbocycles. The fraction of sp³-hybridized carbons (Fsp3) is 0.435. The lowest BCUT2D eigenvalue weighted by molar-refractivity contribution is -0.114. The fourth-order valence-corrected chi connectivity index (χ4v) is 6.06. The molecular weight excluding hydrogens is 510 g/mol. The maximum absolute atomic E-state index is 12.9. The van der Waals surface area contributed by atoms with Crippen molar-refractivity contribution in [1.82, 2.24) is 4.31 Å². The molecule has 1 amide bonds. The van der Waals surface area contributed by atoms with Gasteiger partial charge < -0.3 is 24.8 Å². The van der Waals surface area contributed by atoms with Gasteiger partial charge in [-0.3, -0.25) is 4.79 Å².